The van der Waals surface area contributed by atoms with E-state index in [0.29, 0.717) is 29.7 Å². The number of hydrogen-bond donors (Lipinski definition) is 1. The van der Waals surface area contributed by atoms with Crippen molar-refractivity contribution in [1.29, 1.82) is 0 Å². The summed E-state index contributed by atoms with van der Waals surface area (Å²) in [5.74, 6) is 1.15. The number of aliphatic hydroxyl groups excluding tert-OH is 1. The van der Waals surface area contributed by atoms with Gasteiger partial charge in [0.2, 0.25) is 0 Å². The maximum absolute atomic E-state index is 12.6. The summed E-state index contributed by atoms with van der Waals surface area (Å²) in [6.45, 7) is 4.31. The highest BCUT2D eigenvalue weighted by atomic mass is 19.4. The second kappa shape index (κ2) is 5.85. The Balaban J connectivity index is 2.40. The van der Waals surface area contributed by atoms with Gasteiger partial charge in [-0.3, -0.25) is 0 Å². The van der Waals surface area contributed by atoms with Crippen molar-refractivity contribution in [3.63, 3.8) is 0 Å². The molecule has 0 unspecified atom stereocenters. The van der Waals surface area contributed by atoms with Crippen molar-refractivity contribution in [2.45, 2.75) is 33.2 Å². The summed E-state index contributed by atoms with van der Waals surface area (Å²) >= 11 is 0. The van der Waals surface area contributed by atoms with Gasteiger partial charge >= 0.3 is 6.18 Å². The van der Waals surface area contributed by atoms with Gasteiger partial charge in [0.1, 0.15) is 6.61 Å². The van der Waals surface area contributed by atoms with Crippen LogP contribution in [0.15, 0.2) is 24.3 Å². The van der Waals surface area contributed by atoms with E-state index in [2.05, 4.69) is 10.2 Å². The summed E-state index contributed by atoms with van der Waals surface area (Å²) in [7, 11) is 0. The third-order valence-corrected chi connectivity index (χ3v) is 2.99. The Labute approximate surface area is 120 Å². The molecule has 1 aromatic carbocycles. The molecule has 0 spiro atoms. The standard InChI is InChI=1S/C14H16F3N3O/c1-9(2)7-20-12(8-21)18-19-13(20)10-3-5-11(6-4-10)14(15,16)17/h3-6,9,21H,7-8H2,1-2H3. The van der Waals surface area contributed by atoms with Gasteiger partial charge in [0.05, 0.1) is 5.56 Å². The predicted octanol–water partition coefficient (Wildman–Crippen LogP) is 3.11. The van der Waals surface area contributed by atoms with Gasteiger partial charge in [-0.05, 0) is 18.1 Å². The summed E-state index contributed by atoms with van der Waals surface area (Å²) < 4.78 is 39.4. The Morgan fingerprint density at radius 2 is 1.76 bits per heavy atom. The molecule has 0 fully saturated rings. The first kappa shape index (κ1) is 15.5. The van der Waals surface area contributed by atoms with Crippen molar-refractivity contribution in [2.24, 2.45) is 5.92 Å². The van der Waals surface area contributed by atoms with Gasteiger partial charge in [0.25, 0.3) is 0 Å². The first-order chi connectivity index (χ1) is 9.82. The molecule has 0 saturated heterocycles. The van der Waals surface area contributed by atoms with Crippen LogP contribution in [-0.2, 0) is 19.3 Å². The summed E-state index contributed by atoms with van der Waals surface area (Å²) in [4.78, 5) is 0. The van der Waals surface area contributed by atoms with Crippen LogP contribution in [0.3, 0.4) is 0 Å². The van der Waals surface area contributed by atoms with Gasteiger partial charge in [-0.25, -0.2) is 0 Å². The fourth-order valence-corrected chi connectivity index (χ4v) is 2.03. The molecule has 21 heavy (non-hydrogen) atoms. The van der Waals surface area contributed by atoms with Crippen molar-refractivity contribution in [2.75, 3.05) is 0 Å². The van der Waals surface area contributed by atoms with Crippen LogP contribution in [0.2, 0.25) is 0 Å². The first-order valence-electron chi connectivity index (χ1n) is 6.53. The zero-order chi connectivity index (χ0) is 15.6. The van der Waals surface area contributed by atoms with Crippen molar-refractivity contribution in [3.8, 4) is 11.4 Å². The fraction of sp³-hybridized carbons (Fsp3) is 0.429. The molecule has 7 heteroatoms. The average molecular weight is 299 g/mol. The second-order valence-corrected chi connectivity index (χ2v) is 5.18. The number of halogens is 3. The molecule has 0 amide bonds. The highest BCUT2D eigenvalue weighted by Gasteiger charge is 2.30. The molecule has 4 nitrogen and oxygen atoms in total. The van der Waals surface area contributed by atoms with Crippen LogP contribution in [0, 0.1) is 5.92 Å². The molecule has 0 bridgehead atoms. The molecule has 0 radical (unpaired) electrons. The predicted molar refractivity (Wildman–Crippen MR) is 71.2 cm³/mol. The van der Waals surface area contributed by atoms with E-state index in [-0.39, 0.29) is 6.61 Å². The summed E-state index contributed by atoms with van der Waals surface area (Å²) in [5.41, 5.74) is -0.167. The van der Waals surface area contributed by atoms with Gasteiger partial charge < -0.3 is 9.67 Å². The molecule has 2 aromatic rings. The molecule has 2 rings (SSSR count). The minimum atomic E-state index is -4.36. The zero-order valence-electron chi connectivity index (χ0n) is 11.7. The molecule has 0 aliphatic rings. The number of aromatic nitrogens is 3. The van der Waals surface area contributed by atoms with Gasteiger partial charge in [-0.2, -0.15) is 13.2 Å². The smallest absolute Gasteiger partial charge is 0.388 e. The molecule has 0 saturated carbocycles. The number of rotatable bonds is 4. The van der Waals surface area contributed by atoms with Crippen LogP contribution < -0.4 is 0 Å². The SMILES string of the molecule is CC(C)Cn1c(CO)nnc1-c1ccc(C(F)(F)F)cc1. The maximum atomic E-state index is 12.6. The lowest BCUT2D eigenvalue weighted by atomic mass is 10.1. The Hall–Kier alpha value is -1.89. The molecule has 0 atom stereocenters. The minimum absolute atomic E-state index is 0.264. The van der Waals surface area contributed by atoms with E-state index in [4.69, 9.17) is 0 Å². The average Bonchev–Trinajstić information content (AvgIpc) is 2.80. The largest absolute Gasteiger partial charge is 0.416 e. The van der Waals surface area contributed by atoms with E-state index in [1.165, 1.54) is 12.1 Å². The molecular formula is C14H16F3N3O. The lowest BCUT2D eigenvalue weighted by Crippen LogP contribution is -2.10. The monoisotopic (exact) mass is 299 g/mol. The Morgan fingerprint density at radius 3 is 2.24 bits per heavy atom. The molecule has 0 aliphatic heterocycles. The van der Waals surface area contributed by atoms with Crippen LogP contribution in [-0.4, -0.2) is 19.9 Å². The van der Waals surface area contributed by atoms with E-state index >= 15 is 0 Å². The lowest BCUT2D eigenvalue weighted by Gasteiger charge is -2.12. The Kier molecular flexibility index (Phi) is 4.32. The number of aliphatic hydroxyl groups is 1. The van der Waals surface area contributed by atoms with Crippen LogP contribution in [0.1, 0.15) is 25.2 Å². The number of alkyl halides is 3. The zero-order valence-corrected chi connectivity index (χ0v) is 11.7. The molecule has 1 heterocycles. The summed E-state index contributed by atoms with van der Waals surface area (Å²) in [5, 5.41) is 17.1. The maximum Gasteiger partial charge on any atom is 0.416 e. The van der Waals surface area contributed by atoms with Crippen molar-refractivity contribution < 1.29 is 18.3 Å². The number of hydrogen-bond acceptors (Lipinski definition) is 3. The highest BCUT2D eigenvalue weighted by Crippen LogP contribution is 2.30. The second-order valence-electron chi connectivity index (χ2n) is 5.18. The summed E-state index contributed by atoms with van der Waals surface area (Å²) in [6.07, 6.45) is -4.36. The normalized spacial score (nSPS) is 12.1. The van der Waals surface area contributed by atoms with Crippen LogP contribution >= 0.6 is 0 Å². The van der Waals surface area contributed by atoms with Crippen LogP contribution in [0.25, 0.3) is 11.4 Å². The third kappa shape index (κ3) is 3.41. The van der Waals surface area contributed by atoms with Crippen LogP contribution in [0.4, 0.5) is 13.2 Å². The lowest BCUT2D eigenvalue weighted by molar-refractivity contribution is -0.137. The van der Waals surface area contributed by atoms with Gasteiger partial charge in [-0.1, -0.05) is 26.0 Å². The van der Waals surface area contributed by atoms with Crippen molar-refractivity contribution in [1.82, 2.24) is 14.8 Å². The first-order valence-corrected chi connectivity index (χ1v) is 6.53. The molecular weight excluding hydrogens is 283 g/mol. The molecule has 1 aromatic heterocycles. The van der Waals surface area contributed by atoms with Gasteiger partial charge in [-0.15, -0.1) is 10.2 Å². The van der Waals surface area contributed by atoms with Gasteiger partial charge in [0, 0.05) is 12.1 Å². The number of nitrogens with zero attached hydrogens (tertiary/aromatic N) is 3. The number of benzene rings is 1. The Bertz CT molecular complexity index is 603. The molecule has 0 aliphatic carbocycles. The van der Waals surface area contributed by atoms with E-state index < -0.39 is 11.7 Å². The highest BCUT2D eigenvalue weighted by molar-refractivity contribution is 5.56. The topological polar surface area (TPSA) is 50.9 Å². The fourth-order valence-electron chi connectivity index (χ4n) is 2.03. The molecule has 114 valence electrons. The Morgan fingerprint density at radius 1 is 1.14 bits per heavy atom. The van der Waals surface area contributed by atoms with E-state index in [1.807, 2.05) is 13.8 Å². The summed E-state index contributed by atoms with van der Waals surface area (Å²) in [6, 6.07) is 4.76. The quantitative estimate of drug-likeness (QED) is 0.943. The van der Waals surface area contributed by atoms with Crippen molar-refractivity contribution in [3.05, 3.63) is 35.7 Å². The van der Waals surface area contributed by atoms with Crippen LogP contribution in [0.5, 0.6) is 0 Å². The van der Waals surface area contributed by atoms with E-state index in [9.17, 15) is 18.3 Å². The van der Waals surface area contributed by atoms with Gasteiger partial charge in [0.15, 0.2) is 11.6 Å². The van der Waals surface area contributed by atoms with Crippen molar-refractivity contribution >= 4 is 0 Å². The third-order valence-electron chi connectivity index (χ3n) is 2.99. The molecule has 1 N–H and O–H groups in total. The minimum Gasteiger partial charge on any atom is -0.388 e. The van der Waals surface area contributed by atoms with E-state index in [0.717, 1.165) is 12.1 Å². The van der Waals surface area contributed by atoms with E-state index in [1.54, 1.807) is 4.57 Å².